The number of thioether (sulfide) groups is 1. The lowest BCUT2D eigenvalue weighted by molar-refractivity contribution is -0.128. The molecule has 1 aliphatic heterocycles. The number of likely N-dealkylation sites (tertiary alicyclic amines) is 1. The fraction of sp³-hybridized carbons (Fsp3) is 0.467. The van der Waals surface area contributed by atoms with Crippen molar-refractivity contribution in [1.29, 1.82) is 0 Å². The molecule has 0 radical (unpaired) electrons. The highest BCUT2D eigenvalue weighted by Crippen LogP contribution is 2.20. The summed E-state index contributed by atoms with van der Waals surface area (Å²) in [6, 6.07) is 7.94. The zero-order chi connectivity index (χ0) is 13.8. The Bertz CT molecular complexity index is 555. The summed E-state index contributed by atoms with van der Waals surface area (Å²) in [6.07, 6.45) is 4.78. The van der Waals surface area contributed by atoms with Crippen LogP contribution in [0.1, 0.15) is 25.7 Å². The van der Waals surface area contributed by atoms with Gasteiger partial charge in [0.1, 0.15) is 0 Å². The van der Waals surface area contributed by atoms with Gasteiger partial charge in [-0.25, -0.2) is 4.98 Å². The number of carbonyl (C=O) groups excluding carboxylic acids is 1. The second kappa shape index (κ2) is 6.31. The van der Waals surface area contributed by atoms with Gasteiger partial charge in [-0.2, -0.15) is 0 Å². The Labute approximate surface area is 123 Å². The third-order valence-corrected chi connectivity index (χ3v) is 4.52. The first kappa shape index (κ1) is 13.5. The number of amides is 1. The van der Waals surface area contributed by atoms with Crippen molar-refractivity contribution >= 4 is 28.7 Å². The van der Waals surface area contributed by atoms with E-state index >= 15 is 0 Å². The molecule has 0 saturated carbocycles. The molecule has 0 atom stereocenters. The van der Waals surface area contributed by atoms with Crippen molar-refractivity contribution in [3.05, 3.63) is 24.3 Å². The van der Waals surface area contributed by atoms with Gasteiger partial charge in [0.15, 0.2) is 5.16 Å². The maximum Gasteiger partial charge on any atom is 0.233 e. The summed E-state index contributed by atoms with van der Waals surface area (Å²) in [7, 11) is 0. The lowest BCUT2D eigenvalue weighted by Gasteiger charge is -2.19. The summed E-state index contributed by atoms with van der Waals surface area (Å²) in [5.41, 5.74) is 1.98. The summed E-state index contributed by atoms with van der Waals surface area (Å²) in [5, 5.41) is 0.828. The van der Waals surface area contributed by atoms with E-state index in [0.717, 1.165) is 42.1 Å². The van der Waals surface area contributed by atoms with E-state index in [2.05, 4.69) is 9.97 Å². The molecule has 0 spiro atoms. The molecule has 3 rings (SSSR count). The average molecular weight is 289 g/mol. The minimum absolute atomic E-state index is 0.234. The Morgan fingerprint density at radius 2 is 1.95 bits per heavy atom. The largest absolute Gasteiger partial charge is 0.342 e. The van der Waals surface area contributed by atoms with Gasteiger partial charge >= 0.3 is 0 Å². The van der Waals surface area contributed by atoms with Gasteiger partial charge in [-0.05, 0) is 25.0 Å². The van der Waals surface area contributed by atoms with Gasteiger partial charge < -0.3 is 9.88 Å². The van der Waals surface area contributed by atoms with Crippen molar-refractivity contribution in [2.45, 2.75) is 30.8 Å². The van der Waals surface area contributed by atoms with Gasteiger partial charge in [-0.3, -0.25) is 4.79 Å². The standard InChI is InChI=1S/C15H19N3OS/c19-14(18-9-5-1-2-6-10-18)11-20-15-16-12-7-3-4-8-13(12)17-15/h3-4,7-8H,1-2,5-6,9-11H2,(H,16,17). The molecule has 0 aliphatic carbocycles. The van der Waals surface area contributed by atoms with Crippen molar-refractivity contribution in [1.82, 2.24) is 14.9 Å². The molecule has 1 aromatic carbocycles. The lowest BCUT2D eigenvalue weighted by Crippen LogP contribution is -2.33. The van der Waals surface area contributed by atoms with E-state index in [-0.39, 0.29) is 5.91 Å². The number of nitrogens with zero attached hydrogens (tertiary/aromatic N) is 2. The van der Waals surface area contributed by atoms with Crippen LogP contribution in [-0.4, -0.2) is 39.6 Å². The molecule has 1 N–H and O–H groups in total. The number of hydrogen-bond donors (Lipinski definition) is 1. The van der Waals surface area contributed by atoms with Crippen LogP contribution in [0.25, 0.3) is 11.0 Å². The van der Waals surface area contributed by atoms with Crippen LogP contribution in [-0.2, 0) is 4.79 Å². The fourth-order valence-electron chi connectivity index (χ4n) is 2.54. The van der Waals surface area contributed by atoms with Crippen LogP contribution in [0.5, 0.6) is 0 Å². The van der Waals surface area contributed by atoms with E-state index in [9.17, 15) is 4.79 Å². The number of nitrogens with one attached hydrogen (secondary N) is 1. The molecule has 20 heavy (non-hydrogen) atoms. The van der Waals surface area contributed by atoms with Gasteiger partial charge in [-0.15, -0.1) is 0 Å². The normalized spacial score (nSPS) is 16.3. The van der Waals surface area contributed by atoms with Gasteiger partial charge in [0.25, 0.3) is 0 Å². The molecule has 0 unspecified atom stereocenters. The van der Waals surface area contributed by atoms with Gasteiger partial charge in [0.05, 0.1) is 16.8 Å². The monoisotopic (exact) mass is 289 g/mol. The first-order chi connectivity index (χ1) is 9.83. The van der Waals surface area contributed by atoms with E-state index in [1.165, 1.54) is 24.6 Å². The predicted octanol–water partition coefficient (Wildman–Crippen LogP) is 3.06. The van der Waals surface area contributed by atoms with Gasteiger partial charge in [-0.1, -0.05) is 36.7 Å². The van der Waals surface area contributed by atoms with Gasteiger partial charge in [0.2, 0.25) is 5.91 Å². The number of imidazole rings is 1. The smallest absolute Gasteiger partial charge is 0.233 e. The quantitative estimate of drug-likeness (QED) is 0.883. The minimum Gasteiger partial charge on any atom is -0.342 e. The third kappa shape index (κ3) is 3.15. The molecule has 1 fully saturated rings. The Kier molecular flexibility index (Phi) is 4.25. The highest BCUT2D eigenvalue weighted by atomic mass is 32.2. The van der Waals surface area contributed by atoms with E-state index in [1.807, 2.05) is 29.2 Å². The van der Waals surface area contributed by atoms with E-state index in [1.54, 1.807) is 0 Å². The average Bonchev–Trinajstić information content (AvgIpc) is 2.69. The second-order valence-corrected chi connectivity index (χ2v) is 6.11. The Morgan fingerprint density at radius 1 is 1.20 bits per heavy atom. The van der Waals surface area contributed by atoms with Crippen LogP contribution >= 0.6 is 11.8 Å². The number of rotatable bonds is 3. The Morgan fingerprint density at radius 3 is 2.70 bits per heavy atom. The molecule has 0 bridgehead atoms. The van der Waals surface area contributed by atoms with E-state index < -0.39 is 0 Å². The fourth-order valence-corrected chi connectivity index (χ4v) is 3.33. The van der Waals surface area contributed by atoms with Crippen LogP contribution < -0.4 is 0 Å². The Hall–Kier alpha value is -1.49. The number of H-pyrrole nitrogens is 1. The molecular formula is C15H19N3OS. The van der Waals surface area contributed by atoms with Crippen molar-refractivity contribution in [3.63, 3.8) is 0 Å². The summed E-state index contributed by atoms with van der Waals surface area (Å²) in [6.45, 7) is 1.83. The highest BCUT2D eigenvalue weighted by Gasteiger charge is 2.16. The molecular weight excluding hydrogens is 270 g/mol. The molecule has 1 saturated heterocycles. The maximum atomic E-state index is 12.2. The molecule has 4 nitrogen and oxygen atoms in total. The van der Waals surface area contributed by atoms with Crippen LogP contribution in [0, 0.1) is 0 Å². The van der Waals surface area contributed by atoms with Gasteiger partial charge in [0, 0.05) is 13.1 Å². The van der Waals surface area contributed by atoms with Crippen LogP contribution in [0.3, 0.4) is 0 Å². The van der Waals surface area contributed by atoms with E-state index in [0.29, 0.717) is 5.75 Å². The molecule has 106 valence electrons. The topological polar surface area (TPSA) is 49.0 Å². The van der Waals surface area contributed by atoms with Crippen LogP contribution in [0.4, 0.5) is 0 Å². The highest BCUT2D eigenvalue weighted by molar-refractivity contribution is 7.99. The minimum atomic E-state index is 0.234. The second-order valence-electron chi connectivity index (χ2n) is 5.14. The number of fused-ring (bicyclic) bond motifs is 1. The SMILES string of the molecule is O=C(CSc1nc2ccccc2[nH]1)N1CCCCCC1. The molecule has 2 aromatic rings. The Balaban J connectivity index is 1.59. The predicted molar refractivity (Wildman–Crippen MR) is 81.9 cm³/mol. The maximum absolute atomic E-state index is 12.2. The number of benzene rings is 1. The zero-order valence-electron chi connectivity index (χ0n) is 11.5. The van der Waals surface area contributed by atoms with Crippen molar-refractivity contribution < 1.29 is 4.79 Å². The summed E-state index contributed by atoms with van der Waals surface area (Å²) in [5.74, 6) is 0.706. The first-order valence-corrected chi connectivity index (χ1v) is 8.17. The van der Waals surface area contributed by atoms with Crippen LogP contribution in [0.15, 0.2) is 29.4 Å². The van der Waals surface area contributed by atoms with Crippen molar-refractivity contribution in [2.75, 3.05) is 18.8 Å². The number of hydrogen-bond acceptors (Lipinski definition) is 3. The number of para-hydroxylation sites is 2. The van der Waals surface area contributed by atoms with Crippen molar-refractivity contribution in [3.8, 4) is 0 Å². The van der Waals surface area contributed by atoms with Crippen molar-refractivity contribution in [2.24, 2.45) is 0 Å². The molecule has 1 aromatic heterocycles. The zero-order valence-corrected chi connectivity index (χ0v) is 12.3. The van der Waals surface area contributed by atoms with E-state index in [4.69, 9.17) is 0 Å². The summed E-state index contributed by atoms with van der Waals surface area (Å²) in [4.78, 5) is 21.9. The first-order valence-electron chi connectivity index (χ1n) is 7.18. The number of aromatic nitrogens is 2. The molecule has 2 heterocycles. The summed E-state index contributed by atoms with van der Waals surface area (Å²) >= 11 is 1.50. The number of carbonyl (C=O) groups is 1. The lowest BCUT2D eigenvalue weighted by atomic mass is 10.2. The molecule has 1 aliphatic rings. The molecule has 5 heteroatoms. The third-order valence-electron chi connectivity index (χ3n) is 3.66. The number of aromatic amines is 1. The van der Waals surface area contributed by atoms with Crippen LogP contribution in [0.2, 0.25) is 0 Å². The molecule has 1 amide bonds. The summed E-state index contributed by atoms with van der Waals surface area (Å²) < 4.78 is 0.